The predicted molar refractivity (Wildman–Crippen MR) is 76.6 cm³/mol. The largest absolute Gasteiger partial charge is 0.349 e. The number of nitrogens with zero attached hydrogens (tertiary/aromatic N) is 1. The van der Waals surface area contributed by atoms with Gasteiger partial charge in [-0.3, -0.25) is 4.79 Å². The molecule has 2 rings (SSSR count). The van der Waals surface area contributed by atoms with Crippen LogP contribution in [0.15, 0.2) is 34.2 Å². The lowest BCUT2D eigenvalue weighted by molar-refractivity contribution is 0.0951. The lowest BCUT2D eigenvalue weighted by Crippen LogP contribution is -2.29. The minimum atomic E-state index is -0.193. The molecule has 0 aliphatic rings. The van der Waals surface area contributed by atoms with Crippen LogP contribution in [0, 0.1) is 0 Å². The van der Waals surface area contributed by atoms with Crippen molar-refractivity contribution < 1.29 is 4.79 Å². The van der Waals surface area contributed by atoms with E-state index in [9.17, 15) is 4.79 Å². The summed E-state index contributed by atoms with van der Waals surface area (Å²) in [5.74, 6) is -0.193. The van der Waals surface area contributed by atoms with E-state index in [2.05, 4.69) is 26.2 Å². The molecule has 0 unspecified atom stereocenters. The molecule has 3 N–H and O–H groups in total. The van der Waals surface area contributed by atoms with Crippen LogP contribution in [0.1, 0.15) is 10.5 Å². The number of aromatic nitrogens is 1. The van der Waals surface area contributed by atoms with Gasteiger partial charge in [-0.1, -0.05) is 30.3 Å². The van der Waals surface area contributed by atoms with Crippen LogP contribution in [-0.2, 0) is 0 Å². The Hall–Kier alpha value is -1.24. The lowest BCUT2D eigenvalue weighted by atomic mass is 10.1. The molecule has 1 amide bonds. The highest BCUT2D eigenvalue weighted by molar-refractivity contribution is 9.11. The summed E-state index contributed by atoms with van der Waals surface area (Å²) >= 11 is 4.76. The monoisotopic (exact) mass is 325 g/mol. The Morgan fingerprint density at radius 3 is 2.78 bits per heavy atom. The molecule has 0 aliphatic carbocycles. The van der Waals surface area contributed by atoms with Crippen LogP contribution in [0.5, 0.6) is 0 Å². The highest BCUT2D eigenvalue weighted by Gasteiger charge is 2.18. The number of carbonyl (C=O) groups excluding carboxylic acids is 1. The summed E-state index contributed by atoms with van der Waals surface area (Å²) in [6, 6.07) is 9.72. The zero-order valence-corrected chi connectivity index (χ0v) is 11.9. The average molecular weight is 326 g/mol. The van der Waals surface area contributed by atoms with Gasteiger partial charge in [0.25, 0.3) is 5.91 Å². The first-order valence-corrected chi connectivity index (χ1v) is 7.03. The predicted octanol–water partition coefficient (Wildman–Crippen LogP) is 2.26. The second-order valence-corrected chi connectivity index (χ2v) is 5.83. The lowest BCUT2D eigenvalue weighted by Gasteiger charge is -2.03. The first-order chi connectivity index (χ1) is 8.72. The number of rotatable bonds is 4. The molecule has 0 radical (unpaired) electrons. The van der Waals surface area contributed by atoms with E-state index in [1.165, 1.54) is 11.3 Å². The second-order valence-electron chi connectivity index (χ2n) is 3.56. The molecule has 0 fully saturated rings. The zero-order valence-electron chi connectivity index (χ0n) is 9.52. The van der Waals surface area contributed by atoms with Crippen molar-refractivity contribution in [2.75, 3.05) is 13.1 Å². The van der Waals surface area contributed by atoms with E-state index in [4.69, 9.17) is 5.73 Å². The molecule has 4 nitrogen and oxygen atoms in total. The summed E-state index contributed by atoms with van der Waals surface area (Å²) in [5.41, 5.74) is 6.79. The minimum Gasteiger partial charge on any atom is -0.349 e. The third kappa shape index (κ3) is 2.95. The second kappa shape index (κ2) is 6.08. The van der Waals surface area contributed by atoms with Gasteiger partial charge in [0.05, 0.1) is 4.88 Å². The Labute approximate surface area is 117 Å². The number of benzene rings is 1. The maximum atomic E-state index is 12.0. The van der Waals surface area contributed by atoms with E-state index >= 15 is 0 Å². The number of carbonyl (C=O) groups is 1. The maximum absolute atomic E-state index is 12.0. The first kappa shape index (κ1) is 13.2. The average Bonchev–Trinajstić information content (AvgIpc) is 2.79. The molecule has 0 spiro atoms. The molecular formula is C12H12BrN3OS. The molecule has 0 saturated carbocycles. The summed E-state index contributed by atoms with van der Waals surface area (Å²) in [6.45, 7) is 0.861. The molecule has 94 valence electrons. The van der Waals surface area contributed by atoms with Crippen molar-refractivity contribution in [2.45, 2.75) is 0 Å². The molecule has 18 heavy (non-hydrogen) atoms. The maximum Gasteiger partial charge on any atom is 0.271 e. The van der Waals surface area contributed by atoms with E-state index in [-0.39, 0.29) is 5.91 Å². The molecule has 0 aliphatic heterocycles. The van der Waals surface area contributed by atoms with Gasteiger partial charge in [-0.15, -0.1) is 11.3 Å². The van der Waals surface area contributed by atoms with Gasteiger partial charge in [-0.05, 0) is 21.5 Å². The van der Waals surface area contributed by atoms with Crippen LogP contribution in [0.25, 0.3) is 10.4 Å². The van der Waals surface area contributed by atoms with Crippen LogP contribution in [0.2, 0.25) is 0 Å². The smallest absolute Gasteiger partial charge is 0.271 e. The molecule has 0 atom stereocenters. The van der Waals surface area contributed by atoms with E-state index in [0.717, 1.165) is 10.4 Å². The number of hydrogen-bond acceptors (Lipinski definition) is 4. The van der Waals surface area contributed by atoms with Crippen molar-refractivity contribution in [3.05, 3.63) is 39.9 Å². The van der Waals surface area contributed by atoms with Crippen LogP contribution < -0.4 is 11.1 Å². The highest BCUT2D eigenvalue weighted by Crippen LogP contribution is 2.32. The van der Waals surface area contributed by atoms with Gasteiger partial charge >= 0.3 is 0 Å². The number of amides is 1. The van der Waals surface area contributed by atoms with Crippen molar-refractivity contribution in [3.8, 4) is 10.4 Å². The molecule has 1 aromatic carbocycles. The van der Waals surface area contributed by atoms with Crippen molar-refractivity contribution in [1.29, 1.82) is 0 Å². The van der Waals surface area contributed by atoms with Gasteiger partial charge in [0, 0.05) is 13.1 Å². The highest BCUT2D eigenvalue weighted by atomic mass is 79.9. The quantitative estimate of drug-likeness (QED) is 0.906. The summed E-state index contributed by atoms with van der Waals surface area (Å²) in [5, 5.41) is 2.73. The van der Waals surface area contributed by atoms with Crippen LogP contribution >= 0.6 is 27.3 Å². The van der Waals surface area contributed by atoms with Crippen LogP contribution in [0.3, 0.4) is 0 Å². The SMILES string of the molecule is NCCNC(=O)c1nc(Br)sc1-c1ccccc1. The van der Waals surface area contributed by atoms with Gasteiger partial charge in [0.2, 0.25) is 0 Å². The number of nitrogens with two attached hydrogens (primary N) is 1. The molecule has 2 aromatic rings. The van der Waals surface area contributed by atoms with Crippen LogP contribution in [0.4, 0.5) is 0 Å². The van der Waals surface area contributed by atoms with E-state index in [0.29, 0.717) is 22.7 Å². The third-order valence-corrected chi connectivity index (χ3v) is 3.84. The topological polar surface area (TPSA) is 68.0 Å². The van der Waals surface area contributed by atoms with Gasteiger partial charge in [0.1, 0.15) is 5.69 Å². The molecular weight excluding hydrogens is 314 g/mol. The summed E-state index contributed by atoms with van der Waals surface area (Å²) in [7, 11) is 0. The van der Waals surface area contributed by atoms with Crippen molar-refractivity contribution in [3.63, 3.8) is 0 Å². The molecule has 1 heterocycles. The Balaban J connectivity index is 2.34. The Bertz CT molecular complexity index is 542. The third-order valence-electron chi connectivity index (χ3n) is 2.28. The fourth-order valence-corrected chi connectivity index (χ4v) is 2.96. The Morgan fingerprint density at radius 1 is 1.39 bits per heavy atom. The summed E-state index contributed by atoms with van der Waals surface area (Å²) < 4.78 is 0.694. The number of hydrogen-bond donors (Lipinski definition) is 2. The first-order valence-electron chi connectivity index (χ1n) is 5.42. The van der Waals surface area contributed by atoms with Gasteiger partial charge in [0.15, 0.2) is 3.92 Å². The fraction of sp³-hybridized carbons (Fsp3) is 0.167. The number of halogens is 1. The van der Waals surface area contributed by atoms with Gasteiger partial charge in [-0.2, -0.15) is 0 Å². The zero-order chi connectivity index (χ0) is 13.0. The standard InChI is InChI=1S/C12H12BrN3OS/c13-12-16-9(11(17)15-7-6-14)10(18-12)8-4-2-1-3-5-8/h1-5H,6-7,14H2,(H,15,17). The normalized spacial score (nSPS) is 10.3. The fourth-order valence-electron chi connectivity index (χ4n) is 1.50. The van der Waals surface area contributed by atoms with Crippen LogP contribution in [-0.4, -0.2) is 24.0 Å². The molecule has 6 heteroatoms. The van der Waals surface area contributed by atoms with Gasteiger partial charge < -0.3 is 11.1 Å². The summed E-state index contributed by atoms with van der Waals surface area (Å²) in [6.07, 6.45) is 0. The molecule has 1 aromatic heterocycles. The molecule has 0 bridgehead atoms. The minimum absolute atomic E-state index is 0.193. The van der Waals surface area contributed by atoms with E-state index < -0.39 is 0 Å². The van der Waals surface area contributed by atoms with Crippen molar-refractivity contribution in [2.24, 2.45) is 5.73 Å². The van der Waals surface area contributed by atoms with E-state index in [1.807, 2.05) is 30.3 Å². The summed E-state index contributed by atoms with van der Waals surface area (Å²) in [4.78, 5) is 17.0. The number of nitrogens with one attached hydrogen (secondary N) is 1. The van der Waals surface area contributed by atoms with Crippen molar-refractivity contribution >= 4 is 33.2 Å². The van der Waals surface area contributed by atoms with E-state index in [1.54, 1.807) is 0 Å². The van der Waals surface area contributed by atoms with Crippen molar-refractivity contribution in [1.82, 2.24) is 10.3 Å². The molecule has 0 saturated heterocycles. The number of thiazole rings is 1. The van der Waals surface area contributed by atoms with Gasteiger partial charge in [-0.25, -0.2) is 4.98 Å². The Kier molecular flexibility index (Phi) is 4.46. The Morgan fingerprint density at radius 2 is 2.11 bits per heavy atom.